The first-order valence-corrected chi connectivity index (χ1v) is 16.6. The Bertz CT molecular complexity index is 1510. The standard InChI is InChI=1S/C30H34N4O3S3/c1-2-3-4-11-19-33-29(35)27(39-30(33)38)21-24-22-34(25-14-7-5-8-15-25)31-28(24)23-13-12-16-26(20-23)40(36,37)32-17-9-6-10-18-32/h5,7-8,12-16,20-22H,2-4,6,9-11,17-19H2,1H3. The lowest BCUT2D eigenvalue weighted by molar-refractivity contribution is -0.122. The molecular formula is C30H34N4O3S3. The smallest absolute Gasteiger partial charge is 0.266 e. The van der Waals surface area contributed by atoms with Crippen molar-refractivity contribution in [2.75, 3.05) is 19.6 Å². The van der Waals surface area contributed by atoms with Gasteiger partial charge in [-0.15, -0.1) is 0 Å². The summed E-state index contributed by atoms with van der Waals surface area (Å²) in [5.41, 5.74) is 2.87. The van der Waals surface area contributed by atoms with E-state index in [2.05, 4.69) is 6.92 Å². The van der Waals surface area contributed by atoms with Crippen molar-refractivity contribution in [1.82, 2.24) is 19.0 Å². The zero-order valence-electron chi connectivity index (χ0n) is 22.7. The van der Waals surface area contributed by atoms with E-state index in [1.807, 2.05) is 48.7 Å². The van der Waals surface area contributed by atoms with Crippen molar-refractivity contribution >= 4 is 50.3 Å². The molecule has 0 atom stereocenters. The number of aromatic nitrogens is 2. The maximum Gasteiger partial charge on any atom is 0.266 e. The van der Waals surface area contributed by atoms with E-state index in [1.165, 1.54) is 11.8 Å². The monoisotopic (exact) mass is 594 g/mol. The highest BCUT2D eigenvalue weighted by molar-refractivity contribution is 8.26. The fraction of sp³-hybridized carbons (Fsp3) is 0.367. The van der Waals surface area contributed by atoms with Gasteiger partial charge in [-0.3, -0.25) is 9.69 Å². The zero-order chi connectivity index (χ0) is 28.1. The second-order valence-electron chi connectivity index (χ2n) is 10.1. The highest BCUT2D eigenvalue weighted by atomic mass is 32.2. The quantitative estimate of drug-likeness (QED) is 0.152. The van der Waals surface area contributed by atoms with Crippen LogP contribution in [0.4, 0.5) is 0 Å². The number of rotatable bonds is 10. The Kier molecular flexibility index (Phi) is 9.20. The molecule has 0 unspecified atom stereocenters. The number of hydrogen-bond donors (Lipinski definition) is 0. The molecule has 1 aromatic heterocycles. The van der Waals surface area contributed by atoms with Crippen molar-refractivity contribution in [1.29, 1.82) is 0 Å². The maximum atomic E-state index is 13.4. The van der Waals surface area contributed by atoms with Crippen molar-refractivity contribution in [2.45, 2.75) is 56.8 Å². The largest absolute Gasteiger partial charge is 0.293 e. The van der Waals surface area contributed by atoms with Gasteiger partial charge in [-0.25, -0.2) is 13.1 Å². The molecule has 3 aromatic rings. The second kappa shape index (κ2) is 12.8. The van der Waals surface area contributed by atoms with Crippen LogP contribution in [0.15, 0.2) is 70.6 Å². The van der Waals surface area contributed by atoms with Crippen molar-refractivity contribution in [2.24, 2.45) is 0 Å². The van der Waals surface area contributed by atoms with Crippen LogP contribution in [0.25, 0.3) is 23.0 Å². The van der Waals surface area contributed by atoms with Crippen LogP contribution in [0.3, 0.4) is 0 Å². The van der Waals surface area contributed by atoms with Gasteiger partial charge in [0.05, 0.1) is 15.5 Å². The van der Waals surface area contributed by atoms with Crippen LogP contribution in [0.2, 0.25) is 0 Å². The third-order valence-electron chi connectivity index (χ3n) is 7.22. The Morgan fingerprint density at radius 2 is 1.77 bits per heavy atom. The van der Waals surface area contributed by atoms with E-state index in [0.717, 1.165) is 56.2 Å². The van der Waals surface area contributed by atoms with Crippen LogP contribution in [-0.2, 0) is 14.8 Å². The number of sulfonamides is 1. The molecule has 2 aliphatic heterocycles. The molecule has 40 heavy (non-hydrogen) atoms. The molecule has 0 aliphatic carbocycles. The number of unbranched alkanes of at least 4 members (excludes halogenated alkanes) is 3. The molecule has 3 heterocycles. The SMILES string of the molecule is CCCCCCN1C(=O)C(=Cc2cn(-c3ccccc3)nc2-c2cccc(S(=O)(=O)N3CCCCC3)c2)SC1=S. The molecule has 2 aromatic carbocycles. The number of hydrogen-bond acceptors (Lipinski definition) is 6. The molecule has 2 aliphatic rings. The number of carbonyl (C=O) groups excluding carboxylic acids is 1. The Morgan fingerprint density at radius 1 is 1.00 bits per heavy atom. The summed E-state index contributed by atoms with van der Waals surface area (Å²) in [4.78, 5) is 15.8. The number of thiocarbonyl (C=S) groups is 1. The van der Waals surface area contributed by atoms with E-state index < -0.39 is 10.0 Å². The van der Waals surface area contributed by atoms with Gasteiger partial charge >= 0.3 is 0 Å². The minimum atomic E-state index is -3.61. The lowest BCUT2D eigenvalue weighted by atomic mass is 10.1. The summed E-state index contributed by atoms with van der Waals surface area (Å²) < 4.78 is 30.8. The highest BCUT2D eigenvalue weighted by Crippen LogP contribution is 2.35. The lowest BCUT2D eigenvalue weighted by Crippen LogP contribution is -2.35. The van der Waals surface area contributed by atoms with Crippen LogP contribution in [0.1, 0.15) is 57.4 Å². The highest BCUT2D eigenvalue weighted by Gasteiger charge is 2.32. The molecule has 5 rings (SSSR count). The normalized spacial score (nSPS) is 17.7. The Hall–Kier alpha value is -2.79. The van der Waals surface area contributed by atoms with E-state index in [9.17, 15) is 13.2 Å². The van der Waals surface area contributed by atoms with Crippen LogP contribution >= 0.6 is 24.0 Å². The van der Waals surface area contributed by atoms with Crippen molar-refractivity contribution < 1.29 is 13.2 Å². The van der Waals surface area contributed by atoms with Gasteiger partial charge in [-0.2, -0.15) is 9.40 Å². The first-order chi connectivity index (χ1) is 19.4. The molecular weight excluding hydrogens is 561 g/mol. The number of benzene rings is 2. The van der Waals surface area contributed by atoms with Gasteiger partial charge in [0.2, 0.25) is 10.0 Å². The summed E-state index contributed by atoms with van der Waals surface area (Å²) in [6.45, 7) is 3.87. The van der Waals surface area contributed by atoms with Crippen LogP contribution in [0.5, 0.6) is 0 Å². The topological polar surface area (TPSA) is 75.5 Å². The Balaban J connectivity index is 1.51. The third-order valence-corrected chi connectivity index (χ3v) is 10.5. The summed E-state index contributed by atoms with van der Waals surface area (Å²) in [7, 11) is -3.61. The second-order valence-corrected chi connectivity index (χ2v) is 13.7. The molecule has 1 amide bonds. The number of thioether (sulfide) groups is 1. The first kappa shape index (κ1) is 28.7. The van der Waals surface area contributed by atoms with Gasteiger partial charge in [0.1, 0.15) is 10.0 Å². The van der Waals surface area contributed by atoms with Gasteiger partial charge < -0.3 is 0 Å². The number of amides is 1. The first-order valence-electron chi connectivity index (χ1n) is 13.9. The van der Waals surface area contributed by atoms with Crippen LogP contribution in [-0.4, -0.2) is 57.3 Å². The van der Waals surface area contributed by atoms with Crippen molar-refractivity contribution in [3.8, 4) is 16.9 Å². The molecule has 7 nitrogen and oxygen atoms in total. The molecule has 0 N–H and O–H groups in total. The van der Waals surface area contributed by atoms with E-state index >= 15 is 0 Å². The molecule has 0 radical (unpaired) electrons. The molecule has 0 saturated carbocycles. The fourth-order valence-electron chi connectivity index (χ4n) is 5.02. The Morgan fingerprint density at radius 3 is 2.52 bits per heavy atom. The van der Waals surface area contributed by atoms with Crippen molar-refractivity contribution in [3.63, 3.8) is 0 Å². The molecule has 2 saturated heterocycles. The van der Waals surface area contributed by atoms with E-state index in [1.54, 1.807) is 32.1 Å². The predicted octanol–water partition coefficient (Wildman–Crippen LogP) is 6.50. The lowest BCUT2D eigenvalue weighted by Gasteiger charge is -2.26. The molecule has 0 bridgehead atoms. The summed E-state index contributed by atoms with van der Waals surface area (Å²) in [5, 5.41) is 4.86. The van der Waals surface area contributed by atoms with Gasteiger partial charge in [0.25, 0.3) is 5.91 Å². The van der Waals surface area contributed by atoms with E-state index in [4.69, 9.17) is 17.3 Å². The molecule has 210 valence electrons. The predicted molar refractivity (Wildman–Crippen MR) is 166 cm³/mol. The number of piperidine rings is 1. The van der Waals surface area contributed by atoms with E-state index in [0.29, 0.717) is 40.1 Å². The minimum absolute atomic E-state index is 0.0914. The minimum Gasteiger partial charge on any atom is -0.293 e. The summed E-state index contributed by atoms with van der Waals surface area (Å²) >= 11 is 6.86. The summed E-state index contributed by atoms with van der Waals surface area (Å²) in [6.07, 6.45) is 10.8. The average molecular weight is 595 g/mol. The van der Waals surface area contributed by atoms with Crippen molar-refractivity contribution in [3.05, 3.63) is 71.3 Å². The molecule has 2 fully saturated rings. The molecule has 10 heteroatoms. The zero-order valence-corrected chi connectivity index (χ0v) is 25.1. The molecule has 0 spiro atoms. The van der Waals surface area contributed by atoms with Gasteiger partial charge in [-0.1, -0.05) is 86.9 Å². The third kappa shape index (κ3) is 6.25. The Labute approximate surface area is 246 Å². The summed E-state index contributed by atoms with van der Waals surface area (Å²) in [6, 6.07) is 16.7. The number of para-hydroxylation sites is 1. The number of carbonyl (C=O) groups is 1. The summed E-state index contributed by atoms with van der Waals surface area (Å²) in [5.74, 6) is -0.0914. The average Bonchev–Trinajstić information content (AvgIpc) is 3.52. The number of nitrogens with zero attached hydrogens (tertiary/aromatic N) is 4. The van der Waals surface area contributed by atoms with E-state index in [-0.39, 0.29) is 10.8 Å². The van der Waals surface area contributed by atoms with Gasteiger partial charge in [0, 0.05) is 37.0 Å². The van der Waals surface area contributed by atoms with Gasteiger partial charge in [-0.05, 0) is 49.6 Å². The maximum absolute atomic E-state index is 13.4. The van der Waals surface area contributed by atoms with Crippen LogP contribution in [0, 0.1) is 0 Å². The van der Waals surface area contributed by atoms with Crippen LogP contribution < -0.4 is 0 Å². The van der Waals surface area contributed by atoms with Gasteiger partial charge in [0.15, 0.2) is 0 Å². The fourth-order valence-corrected chi connectivity index (χ4v) is 7.88.